The Morgan fingerprint density at radius 3 is 2.59 bits per heavy atom. The van der Waals surface area contributed by atoms with Crippen LogP contribution in [0.4, 0.5) is 0 Å². The number of rotatable bonds is 4. The Morgan fingerprint density at radius 1 is 1.05 bits per heavy atom. The van der Waals surface area contributed by atoms with Gasteiger partial charge in [-0.25, -0.2) is 0 Å². The Hall–Kier alpha value is -2.28. The van der Waals surface area contributed by atoms with Gasteiger partial charge in [-0.3, -0.25) is 0 Å². The highest BCUT2D eigenvalue weighted by atomic mass is 16.5. The van der Waals surface area contributed by atoms with Crippen LogP contribution in [0.5, 0.6) is 5.75 Å². The second kappa shape index (κ2) is 6.65. The molecule has 0 bridgehead atoms. The molecule has 0 saturated carbocycles. The molecule has 112 valence electrons. The number of hydrogen-bond donors (Lipinski definition) is 0. The summed E-state index contributed by atoms with van der Waals surface area (Å²) >= 11 is 0. The summed E-state index contributed by atoms with van der Waals surface area (Å²) in [5, 5.41) is 0. The summed E-state index contributed by atoms with van der Waals surface area (Å²) in [6, 6.07) is 16.9. The number of ether oxygens (including phenoxy) is 1. The molecule has 0 fully saturated rings. The Bertz CT molecular complexity index is 692. The van der Waals surface area contributed by atoms with Crippen molar-refractivity contribution in [1.82, 2.24) is 0 Å². The molecule has 0 unspecified atom stereocenters. The third-order valence-electron chi connectivity index (χ3n) is 4.09. The first kappa shape index (κ1) is 14.6. The van der Waals surface area contributed by atoms with E-state index in [9.17, 15) is 0 Å². The summed E-state index contributed by atoms with van der Waals surface area (Å²) in [4.78, 5) is 0. The SMILES string of the molecule is C=C1/C(=C/c2ccc(OCCC)cc2)CCc2ccccc21. The summed E-state index contributed by atoms with van der Waals surface area (Å²) < 4.78 is 5.63. The van der Waals surface area contributed by atoms with E-state index in [4.69, 9.17) is 4.74 Å². The minimum Gasteiger partial charge on any atom is -0.494 e. The largest absolute Gasteiger partial charge is 0.494 e. The second-order valence-corrected chi connectivity index (χ2v) is 5.72. The summed E-state index contributed by atoms with van der Waals surface area (Å²) in [6.45, 7) is 7.19. The highest BCUT2D eigenvalue weighted by molar-refractivity contribution is 5.86. The van der Waals surface area contributed by atoms with Crippen molar-refractivity contribution in [3.63, 3.8) is 0 Å². The first-order valence-electron chi connectivity index (χ1n) is 7.99. The molecule has 0 atom stereocenters. The molecule has 2 aromatic rings. The summed E-state index contributed by atoms with van der Waals surface area (Å²) in [5.74, 6) is 0.941. The fourth-order valence-corrected chi connectivity index (χ4v) is 2.87. The molecule has 22 heavy (non-hydrogen) atoms. The molecule has 1 heteroatoms. The van der Waals surface area contributed by atoms with Gasteiger partial charge in [0.1, 0.15) is 5.75 Å². The van der Waals surface area contributed by atoms with Crippen molar-refractivity contribution in [2.24, 2.45) is 0 Å². The van der Waals surface area contributed by atoms with E-state index >= 15 is 0 Å². The predicted octanol–water partition coefficient (Wildman–Crippen LogP) is 5.52. The molecule has 1 aliphatic carbocycles. The van der Waals surface area contributed by atoms with E-state index in [1.165, 1.54) is 22.3 Å². The first-order chi connectivity index (χ1) is 10.8. The number of hydrogen-bond acceptors (Lipinski definition) is 1. The van der Waals surface area contributed by atoms with Crippen LogP contribution in [0.25, 0.3) is 11.6 Å². The van der Waals surface area contributed by atoms with E-state index in [0.29, 0.717) is 0 Å². The summed E-state index contributed by atoms with van der Waals surface area (Å²) in [6.07, 6.45) is 5.44. The van der Waals surface area contributed by atoms with Crippen LogP contribution in [0.15, 0.2) is 60.7 Å². The fourth-order valence-electron chi connectivity index (χ4n) is 2.87. The minimum absolute atomic E-state index is 0.772. The number of allylic oxidation sites excluding steroid dienone is 2. The van der Waals surface area contributed by atoms with Crippen LogP contribution in [0.2, 0.25) is 0 Å². The molecule has 0 aliphatic heterocycles. The zero-order valence-corrected chi connectivity index (χ0v) is 13.1. The van der Waals surface area contributed by atoms with E-state index < -0.39 is 0 Å². The maximum absolute atomic E-state index is 5.63. The molecule has 0 amide bonds. The lowest BCUT2D eigenvalue weighted by molar-refractivity contribution is 0.317. The molecule has 0 spiro atoms. The van der Waals surface area contributed by atoms with Gasteiger partial charge in [0.25, 0.3) is 0 Å². The molecular formula is C21H22O. The molecule has 0 saturated heterocycles. The maximum atomic E-state index is 5.63. The molecule has 0 heterocycles. The standard InChI is InChI=1S/C21H22O/c1-3-14-22-20-12-8-17(9-13-20)15-19-11-10-18-6-4-5-7-21(18)16(19)2/h4-9,12-13,15H,2-3,10-11,14H2,1H3/b19-15+. The Kier molecular flexibility index (Phi) is 4.43. The molecular weight excluding hydrogens is 268 g/mol. The number of aryl methyl sites for hydroxylation is 1. The van der Waals surface area contributed by atoms with Gasteiger partial charge in [-0.15, -0.1) is 0 Å². The van der Waals surface area contributed by atoms with Gasteiger partial charge in [-0.1, -0.05) is 56.0 Å². The van der Waals surface area contributed by atoms with Gasteiger partial charge >= 0.3 is 0 Å². The van der Waals surface area contributed by atoms with E-state index in [-0.39, 0.29) is 0 Å². The molecule has 2 aromatic carbocycles. The Morgan fingerprint density at radius 2 is 1.82 bits per heavy atom. The van der Waals surface area contributed by atoms with Crippen molar-refractivity contribution >= 4 is 11.6 Å². The molecule has 0 radical (unpaired) electrons. The van der Waals surface area contributed by atoms with Crippen molar-refractivity contribution in [2.45, 2.75) is 26.2 Å². The van der Waals surface area contributed by atoms with Gasteiger partial charge in [-0.2, -0.15) is 0 Å². The van der Waals surface area contributed by atoms with Gasteiger partial charge in [0.15, 0.2) is 0 Å². The van der Waals surface area contributed by atoms with Crippen LogP contribution >= 0.6 is 0 Å². The molecule has 3 rings (SSSR count). The van der Waals surface area contributed by atoms with Crippen LogP contribution < -0.4 is 4.74 Å². The number of fused-ring (bicyclic) bond motifs is 1. The van der Waals surface area contributed by atoms with E-state index in [1.807, 2.05) is 12.1 Å². The maximum Gasteiger partial charge on any atom is 0.119 e. The highest BCUT2D eigenvalue weighted by Crippen LogP contribution is 2.34. The molecule has 1 nitrogen and oxygen atoms in total. The third kappa shape index (κ3) is 3.14. The summed E-state index contributed by atoms with van der Waals surface area (Å²) in [7, 11) is 0. The Balaban J connectivity index is 1.80. The monoisotopic (exact) mass is 290 g/mol. The van der Waals surface area contributed by atoms with Gasteiger partial charge in [-0.05, 0) is 59.2 Å². The lowest BCUT2D eigenvalue weighted by Crippen LogP contribution is -2.03. The highest BCUT2D eigenvalue weighted by Gasteiger charge is 2.15. The fraction of sp³-hybridized carbons (Fsp3) is 0.238. The van der Waals surface area contributed by atoms with Gasteiger partial charge in [0, 0.05) is 0 Å². The first-order valence-corrected chi connectivity index (χ1v) is 7.99. The quantitative estimate of drug-likeness (QED) is 0.720. The molecule has 0 aromatic heterocycles. The summed E-state index contributed by atoms with van der Waals surface area (Å²) in [5.41, 5.74) is 6.41. The van der Waals surface area contributed by atoms with Gasteiger partial charge in [0.05, 0.1) is 6.61 Å². The van der Waals surface area contributed by atoms with Crippen LogP contribution in [0, 0.1) is 0 Å². The van der Waals surface area contributed by atoms with E-state index in [2.05, 4.69) is 56.0 Å². The van der Waals surface area contributed by atoms with Gasteiger partial charge in [0.2, 0.25) is 0 Å². The molecule has 1 aliphatic rings. The van der Waals surface area contributed by atoms with Crippen molar-refractivity contribution in [1.29, 1.82) is 0 Å². The van der Waals surface area contributed by atoms with Crippen LogP contribution in [-0.4, -0.2) is 6.61 Å². The smallest absolute Gasteiger partial charge is 0.119 e. The zero-order chi connectivity index (χ0) is 15.4. The average Bonchev–Trinajstić information content (AvgIpc) is 2.57. The average molecular weight is 290 g/mol. The van der Waals surface area contributed by atoms with E-state index in [0.717, 1.165) is 37.2 Å². The van der Waals surface area contributed by atoms with Crippen molar-refractivity contribution in [3.8, 4) is 5.75 Å². The lowest BCUT2D eigenvalue weighted by Gasteiger charge is -2.21. The lowest BCUT2D eigenvalue weighted by atomic mass is 9.84. The molecule has 0 N–H and O–H groups in total. The van der Waals surface area contributed by atoms with Crippen LogP contribution in [-0.2, 0) is 6.42 Å². The predicted molar refractivity (Wildman–Crippen MR) is 94.0 cm³/mol. The number of benzene rings is 2. The van der Waals surface area contributed by atoms with Crippen molar-refractivity contribution in [2.75, 3.05) is 6.61 Å². The van der Waals surface area contributed by atoms with Crippen molar-refractivity contribution in [3.05, 3.63) is 77.4 Å². The zero-order valence-electron chi connectivity index (χ0n) is 13.1. The topological polar surface area (TPSA) is 9.23 Å². The second-order valence-electron chi connectivity index (χ2n) is 5.72. The van der Waals surface area contributed by atoms with Crippen molar-refractivity contribution < 1.29 is 4.74 Å². The van der Waals surface area contributed by atoms with Crippen LogP contribution in [0.3, 0.4) is 0 Å². The van der Waals surface area contributed by atoms with Gasteiger partial charge < -0.3 is 4.74 Å². The van der Waals surface area contributed by atoms with E-state index in [1.54, 1.807) is 0 Å². The third-order valence-corrected chi connectivity index (χ3v) is 4.09. The minimum atomic E-state index is 0.772. The normalized spacial score (nSPS) is 15.7. The van der Waals surface area contributed by atoms with Crippen LogP contribution in [0.1, 0.15) is 36.5 Å². The Labute approximate surface area is 133 Å².